The van der Waals surface area contributed by atoms with Crippen LogP contribution in [-0.2, 0) is 17.9 Å². The van der Waals surface area contributed by atoms with Crippen molar-refractivity contribution < 1.29 is 13.9 Å². The molecule has 1 aromatic heterocycles. The van der Waals surface area contributed by atoms with Gasteiger partial charge in [0.25, 0.3) is 11.5 Å². The molecule has 0 radical (unpaired) electrons. The zero-order valence-electron chi connectivity index (χ0n) is 16.3. The lowest BCUT2D eigenvalue weighted by Gasteiger charge is -2.32. The Morgan fingerprint density at radius 2 is 1.93 bits per heavy atom. The minimum absolute atomic E-state index is 0.0623. The molecule has 0 fully saturated rings. The summed E-state index contributed by atoms with van der Waals surface area (Å²) in [4.78, 5) is 27.1. The van der Waals surface area contributed by atoms with Crippen LogP contribution in [0.15, 0.2) is 16.9 Å². The van der Waals surface area contributed by atoms with Gasteiger partial charge in [0.15, 0.2) is 6.10 Å². The molecule has 0 N–H and O–H groups in total. The molecule has 0 aliphatic carbocycles. The lowest BCUT2D eigenvalue weighted by Crippen LogP contribution is -2.44. The number of amides is 1. The molecule has 1 unspecified atom stereocenters. The first kappa shape index (κ1) is 19.6. The van der Waals surface area contributed by atoms with Crippen LogP contribution in [0.5, 0.6) is 5.75 Å². The van der Waals surface area contributed by atoms with Gasteiger partial charge in [-0.3, -0.25) is 19.2 Å². The first-order valence-electron chi connectivity index (χ1n) is 9.64. The van der Waals surface area contributed by atoms with E-state index in [1.165, 1.54) is 17.0 Å². The molecule has 3 heterocycles. The molecule has 2 aliphatic heterocycles. The number of hydrogen-bond acceptors (Lipinski definition) is 3. The fourth-order valence-electron chi connectivity index (χ4n) is 3.87. The summed E-state index contributed by atoms with van der Waals surface area (Å²) >= 11 is 6.52. The third kappa shape index (κ3) is 3.22. The van der Waals surface area contributed by atoms with Gasteiger partial charge in [0.2, 0.25) is 0 Å². The Balaban J connectivity index is 1.89. The zero-order valence-corrected chi connectivity index (χ0v) is 17.1. The van der Waals surface area contributed by atoms with Crippen molar-refractivity contribution in [3.63, 3.8) is 0 Å². The van der Waals surface area contributed by atoms with Crippen molar-refractivity contribution in [3.8, 4) is 28.7 Å². The number of hydrogen-bond donors (Lipinski definition) is 0. The molecule has 0 saturated heterocycles. The molecule has 1 atom stereocenters. The van der Waals surface area contributed by atoms with Crippen LogP contribution >= 0.6 is 11.6 Å². The van der Waals surface area contributed by atoms with E-state index in [-0.39, 0.29) is 40.0 Å². The number of halogens is 2. The quantitative estimate of drug-likeness (QED) is 0.703. The highest BCUT2D eigenvalue weighted by Crippen LogP contribution is 2.40. The van der Waals surface area contributed by atoms with Gasteiger partial charge in [0.1, 0.15) is 16.7 Å². The summed E-state index contributed by atoms with van der Waals surface area (Å²) in [6.07, 6.45) is 2.05. The van der Waals surface area contributed by atoms with E-state index < -0.39 is 11.9 Å². The van der Waals surface area contributed by atoms with Crippen LogP contribution in [-0.4, -0.2) is 27.9 Å². The Labute approximate surface area is 172 Å². The molecule has 4 rings (SSSR count). The molecule has 0 saturated carbocycles. The molecule has 0 bridgehead atoms. The maximum Gasteiger partial charge on any atom is 0.276 e. The van der Waals surface area contributed by atoms with Crippen LogP contribution in [0.2, 0.25) is 5.15 Å². The van der Waals surface area contributed by atoms with Gasteiger partial charge in [-0.15, -0.1) is 5.92 Å². The summed E-state index contributed by atoms with van der Waals surface area (Å²) in [5.74, 6) is 4.98. The van der Waals surface area contributed by atoms with E-state index in [0.717, 1.165) is 19.3 Å². The smallest absolute Gasteiger partial charge is 0.276 e. The van der Waals surface area contributed by atoms with Crippen molar-refractivity contribution in [1.29, 1.82) is 0 Å². The number of benzene rings is 1. The molecule has 1 aromatic carbocycles. The summed E-state index contributed by atoms with van der Waals surface area (Å²) in [7, 11) is 0. The van der Waals surface area contributed by atoms with E-state index in [9.17, 15) is 9.59 Å². The number of nitrogens with zero attached hydrogens (tertiary/aromatic N) is 3. The van der Waals surface area contributed by atoms with Gasteiger partial charge >= 0.3 is 0 Å². The van der Waals surface area contributed by atoms with Crippen molar-refractivity contribution in [2.45, 2.75) is 52.3 Å². The van der Waals surface area contributed by atoms with Gasteiger partial charge in [0, 0.05) is 24.7 Å². The number of anilines is 1. The number of carbonyl (C=O) groups is 1. The average Bonchev–Trinajstić information content (AvgIpc) is 2.85. The predicted molar refractivity (Wildman–Crippen MR) is 109 cm³/mol. The number of rotatable bonds is 2. The molecule has 2 aromatic rings. The third-order valence-electron chi connectivity index (χ3n) is 5.35. The summed E-state index contributed by atoms with van der Waals surface area (Å²) in [6, 6.07) is 2.68. The topological polar surface area (TPSA) is 56.5 Å². The van der Waals surface area contributed by atoms with Gasteiger partial charge in [0.05, 0.1) is 17.8 Å². The van der Waals surface area contributed by atoms with Gasteiger partial charge in [-0.05, 0) is 39.2 Å². The third-order valence-corrected chi connectivity index (χ3v) is 5.74. The second-order valence-electron chi connectivity index (χ2n) is 7.19. The molecule has 29 heavy (non-hydrogen) atoms. The number of fused-ring (bicyclic) bond motifs is 2. The van der Waals surface area contributed by atoms with E-state index in [2.05, 4.69) is 11.8 Å². The summed E-state index contributed by atoms with van der Waals surface area (Å²) < 4.78 is 23.9. The fraction of sp³-hybridized carbons (Fsp3) is 0.429. The summed E-state index contributed by atoms with van der Waals surface area (Å²) in [5.41, 5.74) is 0.231. The van der Waals surface area contributed by atoms with Gasteiger partial charge in [-0.1, -0.05) is 17.5 Å². The van der Waals surface area contributed by atoms with E-state index in [1.807, 2.05) is 0 Å². The summed E-state index contributed by atoms with van der Waals surface area (Å²) in [6.45, 7) is 4.60. The van der Waals surface area contributed by atoms with Crippen LogP contribution in [0.3, 0.4) is 0 Å². The largest absolute Gasteiger partial charge is 0.479 e. The highest BCUT2D eigenvalue weighted by molar-refractivity contribution is 6.32. The molecular formula is C21H21ClFN3O3. The first-order chi connectivity index (χ1) is 13.9. The SMILES string of the molecule is CC#CCN1C(=O)C(C)Oc2cc(F)c(-c3c(Cl)n4n(c3=O)CCCCC4)cc21. The highest BCUT2D eigenvalue weighted by Gasteiger charge is 2.33. The van der Waals surface area contributed by atoms with Gasteiger partial charge in [-0.2, -0.15) is 0 Å². The zero-order chi connectivity index (χ0) is 20.7. The Morgan fingerprint density at radius 3 is 2.66 bits per heavy atom. The second kappa shape index (κ2) is 7.60. The van der Waals surface area contributed by atoms with Crippen molar-refractivity contribution >= 4 is 23.2 Å². The van der Waals surface area contributed by atoms with Crippen molar-refractivity contribution in [3.05, 3.63) is 33.5 Å². The Hall–Kier alpha value is -2.72. The standard InChI is InChI=1S/C21H21ClFN3O3/c1-3-4-8-24-16-11-14(15(23)12-17(16)29-13(2)20(24)27)18-19(22)25-9-6-5-7-10-26(25)21(18)28/h11-13H,5-10H2,1-2H3. The molecule has 8 heteroatoms. The van der Waals surface area contributed by atoms with Gasteiger partial charge in [-0.25, -0.2) is 9.07 Å². The van der Waals surface area contributed by atoms with E-state index in [4.69, 9.17) is 16.3 Å². The van der Waals surface area contributed by atoms with Crippen LogP contribution in [0.4, 0.5) is 10.1 Å². The van der Waals surface area contributed by atoms with Crippen molar-refractivity contribution in [2.24, 2.45) is 0 Å². The molecule has 152 valence electrons. The lowest BCUT2D eigenvalue weighted by atomic mass is 10.0. The Bertz CT molecular complexity index is 1110. The van der Waals surface area contributed by atoms with E-state index in [1.54, 1.807) is 23.2 Å². The van der Waals surface area contributed by atoms with Crippen molar-refractivity contribution in [1.82, 2.24) is 9.36 Å². The van der Waals surface area contributed by atoms with Crippen LogP contribution < -0.4 is 15.2 Å². The normalized spacial score (nSPS) is 18.3. The minimum Gasteiger partial charge on any atom is -0.479 e. The molecule has 2 aliphatic rings. The maximum absolute atomic E-state index is 15.0. The lowest BCUT2D eigenvalue weighted by molar-refractivity contribution is -0.125. The number of ether oxygens (including phenoxy) is 1. The first-order valence-corrected chi connectivity index (χ1v) is 10.0. The number of carbonyl (C=O) groups excluding carboxylic acids is 1. The fourth-order valence-corrected chi connectivity index (χ4v) is 4.23. The maximum atomic E-state index is 15.0. The molecule has 1 amide bonds. The second-order valence-corrected chi connectivity index (χ2v) is 7.55. The predicted octanol–water partition coefficient (Wildman–Crippen LogP) is 3.43. The molecular weight excluding hydrogens is 397 g/mol. The van der Waals surface area contributed by atoms with Crippen LogP contribution in [0.1, 0.15) is 33.1 Å². The Morgan fingerprint density at radius 1 is 1.21 bits per heavy atom. The van der Waals surface area contributed by atoms with Crippen molar-refractivity contribution in [2.75, 3.05) is 11.4 Å². The summed E-state index contributed by atoms with van der Waals surface area (Å²) in [5, 5.41) is 0.215. The van der Waals surface area contributed by atoms with Crippen LogP contribution in [0, 0.1) is 17.7 Å². The van der Waals surface area contributed by atoms with E-state index in [0.29, 0.717) is 18.8 Å². The molecule has 0 spiro atoms. The van der Waals surface area contributed by atoms with Crippen LogP contribution in [0.25, 0.3) is 11.1 Å². The number of aromatic nitrogens is 2. The average molecular weight is 418 g/mol. The van der Waals surface area contributed by atoms with E-state index >= 15 is 4.39 Å². The monoisotopic (exact) mass is 417 g/mol. The minimum atomic E-state index is -0.744. The highest BCUT2D eigenvalue weighted by atomic mass is 35.5. The Kier molecular flexibility index (Phi) is 5.13. The van der Waals surface area contributed by atoms with Gasteiger partial charge < -0.3 is 4.74 Å². The molecule has 6 nitrogen and oxygen atoms in total.